The standard InChI is InChI=1S/C28H29N3O5/c1-6-9-30-17(2)10-21(19(30)4)12-22(14-29)28(33)34-15-25(32)24-11-18(3)31(20(24)5)23-7-8-26-27(13-23)36-16-35-26/h7-8,10-13H,6,9,15-16H2,1-5H3. The molecule has 1 aliphatic heterocycles. The van der Waals surface area contributed by atoms with Crippen LogP contribution in [-0.4, -0.2) is 34.3 Å². The molecule has 3 heterocycles. The zero-order valence-corrected chi connectivity index (χ0v) is 21.2. The predicted molar refractivity (Wildman–Crippen MR) is 134 cm³/mol. The summed E-state index contributed by atoms with van der Waals surface area (Å²) in [7, 11) is 0. The number of fused-ring (bicyclic) bond motifs is 1. The van der Waals surface area contributed by atoms with Gasteiger partial charge in [-0.3, -0.25) is 4.79 Å². The highest BCUT2D eigenvalue weighted by Crippen LogP contribution is 2.35. The second-order valence-corrected chi connectivity index (χ2v) is 8.81. The summed E-state index contributed by atoms with van der Waals surface area (Å²) in [6.07, 6.45) is 2.50. The van der Waals surface area contributed by atoms with Crippen LogP contribution >= 0.6 is 0 Å². The normalized spacial score (nSPS) is 12.5. The maximum absolute atomic E-state index is 13.0. The number of esters is 1. The topological polar surface area (TPSA) is 95.5 Å². The molecule has 0 saturated carbocycles. The molecular weight excluding hydrogens is 458 g/mol. The Morgan fingerprint density at radius 3 is 2.53 bits per heavy atom. The van der Waals surface area contributed by atoms with Gasteiger partial charge in [0.05, 0.1) is 0 Å². The van der Waals surface area contributed by atoms with E-state index in [-0.39, 0.29) is 18.1 Å². The van der Waals surface area contributed by atoms with Gasteiger partial charge in [-0.05, 0) is 70.0 Å². The third kappa shape index (κ3) is 4.65. The first kappa shape index (κ1) is 24.9. The number of aromatic nitrogens is 2. The molecule has 0 N–H and O–H groups in total. The highest BCUT2D eigenvalue weighted by atomic mass is 16.7. The molecule has 2 aromatic heterocycles. The number of ether oxygens (including phenoxy) is 3. The Kier molecular flexibility index (Phi) is 7.02. The summed E-state index contributed by atoms with van der Waals surface area (Å²) in [6.45, 7) is 10.3. The van der Waals surface area contributed by atoms with Crippen LogP contribution in [0.2, 0.25) is 0 Å². The Labute approximate surface area is 210 Å². The molecule has 8 heteroatoms. The Balaban J connectivity index is 1.49. The van der Waals surface area contributed by atoms with Gasteiger partial charge in [-0.1, -0.05) is 6.92 Å². The molecule has 0 saturated heterocycles. The molecular formula is C28H29N3O5. The molecule has 0 atom stereocenters. The van der Waals surface area contributed by atoms with E-state index in [4.69, 9.17) is 14.2 Å². The number of aryl methyl sites for hydroxylation is 2. The lowest BCUT2D eigenvalue weighted by molar-refractivity contribution is -0.137. The van der Waals surface area contributed by atoms with Crippen LogP contribution < -0.4 is 9.47 Å². The van der Waals surface area contributed by atoms with E-state index in [0.717, 1.165) is 41.3 Å². The first-order chi connectivity index (χ1) is 17.2. The lowest BCUT2D eigenvalue weighted by Crippen LogP contribution is -2.16. The second-order valence-electron chi connectivity index (χ2n) is 8.81. The Bertz CT molecular complexity index is 1420. The zero-order valence-electron chi connectivity index (χ0n) is 21.2. The van der Waals surface area contributed by atoms with Crippen LogP contribution in [0.1, 0.15) is 52.0 Å². The first-order valence-electron chi connectivity index (χ1n) is 11.8. The van der Waals surface area contributed by atoms with E-state index in [1.54, 1.807) is 6.07 Å². The average molecular weight is 488 g/mol. The number of Topliss-reactive ketones (excluding diaryl/α,β-unsaturated/α-hetero) is 1. The maximum Gasteiger partial charge on any atom is 0.349 e. The monoisotopic (exact) mass is 487 g/mol. The second kappa shape index (κ2) is 10.2. The molecule has 0 radical (unpaired) electrons. The number of carbonyl (C=O) groups is 2. The molecule has 0 amide bonds. The van der Waals surface area contributed by atoms with Crippen molar-refractivity contribution in [2.75, 3.05) is 13.4 Å². The number of hydrogen-bond donors (Lipinski definition) is 0. The Morgan fingerprint density at radius 2 is 1.81 bits per heavy atom. The van der Waals surface area contributed by atoms with Gasteiger partial charge in [0, 0.05) is 46.6 Å². The van der Waals surface area contributed by atoms with E-state index < -0.39 is 12.6 Å². The summed E-state index contributed by atoms with van der Waals surface area (Å²) in [6, 6.07) is 11.2. The fraction of sp³-hybridized carbons (Fsp3) is 0.321. The minimum absolute atomic E-state index is 0.148. The van der Waals surface area contributed by atoms with Crippen molar-refractivity contribution in [1.82, 2.24) is 9.13 Å². The average Bonchev–Trinajstić information content (AvgIpc) is 3.52. The number of hydrogen-bond acceptors (Lipinski definition) is 6. The van der Waals surface area contributed by atoms with Gasteiger partial charge in [-0.2, -0.15) is 5.26 Å². The van der Waals surface area contributed by atoms with E-state index in [1.165, 1.54) is 6.08 Å². The molecule has 186 valence electrons. The lowest BCUT2D eigenvalue weighted by atomic mass is 10.1. The summed E-state index contributed by atoms with van der Waals surface area (Å²) in [4.78, 5) is 25.6. The molecule has 8 nitrogen and oxygen atoms in total. The Hall–Kier alpha value is -4.25. The lowest BCUT2D eigenvalue weighted by Gasteiger charge is -2.11. The summed E-state index contributed by atoms with van der Waals surface area (Å²) in [5, 5.41) is 9.55. The van der Waals surface area contributed by atoms with Crippen LogP contribution in [0.4, 0.5) is 0 Å². The van der Waals surface area contributed by atoms with Crippen molar-refractivity contribution < 1.29 is 23.8 Å². The van der Waals surface area contributed by atoms with E-state index in [1.807, 2.05) is 62.6 Å². The van der Waals surface area contributed by atoms with E-state index in [0.29, 0.717) is 22.8 Å². The number of nitrogens with zero attached hydrogens (tertiary/aromatic N) is 3. The fourth-order valence-electron chi connectivity index (χ4n) is 4.59. The van der Waals surface area contributed by atoms with Crippen LogP contribution in [0.15, 0.2) is 35.9 Å². The first-order valence-corrected chi connectivity index (χ1v) is 11.8. The molecule has 1 aromatic carbocycles. The number of carbonyl (C=O) groups excluding carboxylic acids is 2. The van der Waals surface area contributed by atoms with E-state index in [9.17, 15) is 14.9 Å². The maximum atomic E-state index is 13.0. The zero-order chi connectivity index (χ0) is 26.0. The molecule has 0 unspecified atom stereocenters. The third-order valence-corrected chi connectivity index (χ3v) is 6.38. The van der Waals surface area contributed by atoms with Crippen molar-refractivity contribution >= 4 is 17.8 Å². The molecule has 0 aliphatic carbocycles. The molecule has 0 bridgehead atoms. The van der Waals surface area contributed by atoms with Crippen molar-refractivity contribution in [2.24, 2.45) is 0 Å². The molecule has 1 aliphatic rings. The molecule has 4 rings (SSSR count). The minimum atomic E-state index is -0.823. The van der Waals surface area contributed by atoms with Crippen LogP contribution in [0.5, 0.6) is 11.5 Å². The van der Waals surface area contributed by atoms with Gasteiger partial charge < -0.3 is 23.3 Å². The van der Waals surface area contributed by atoms with Gasteiger partial charge in [0.2, 0.25) is 12.6 Å². The smallest absolute Gasteiger partial charge is 0.349 e. The number of rotatable bonds is 8. The Morgan fingerprint density at radius 1 is 1.06 bits per heavy atom. The number of ketones is 1. The van der Waals surface area contributed by atoms with Gasteiger partial charge >= 0.3 is 5.97 Å². The van der Waals surface area contributed by atoms with E-state index in [2.05, 4.69) is 11.5 Å². The summed E-state index contributed by atoms with van der Waals surface area (Å²) >= 11 is 0. The number of nitriles is 1. The summed E-state index contributed by atoms with van der Waals surface area (Å²) in [5.74, 6) is 0.156. The highest BCUT2D eigenvalue weighted by molar-refractivity contribution is 6.02. The van der Waals surface area contributed by atoms with Gasteiger partial charge in [0.25, 0.3) is 0 Å². The van der Waals surface area contributed by atoms with Gasteiger partial charge in [0.1, 0.15) is 11.6 Å². The molecule has 0 fully saturated rings. The van der Waals surface area contributed by atoms with Crippen LogP contribution in [0, 0.1) is 39.0 Å². The molecule has 36 heavy (non-hydrogen) atoms. The third-order valence-electron chi connectivity index (χ3n) is 6.38. The van der Waals surface area contributed by atoms with Crippen molar-refractivity contribution in [3.8, 4) is 23.3 Å². The van der Waals surface area contributed by atoms with Crippen molar-refractivity contribution in [1.29, 1.82) is 5.26 Å². The quantitative estimate of drug-likeness (QED) is 0.192. The van der Waals surface area contributed by atoms with Gasteiger partial charge in [-0.15, -0.1) is 0 Å². The molecule has 0 spiro atoms. The fourth-order valence-corrected chi connectivity index (χ4v) is 4.59. The minimum Gasteiger partial charge on any atom is -0.454 e. The predicted octanol–water partition coefficient (Wildman–Crippen LogP) is 4.98. The van der Waals surface area contributed by atoms with E-state index >= 15 is 0 Å². The van der Waals surface area contributed by atoms with Crippen molar-refractivity contribution in [3.05, 3.63) is 69.8 Å². The van der Waals surface area contributed by atoms with Crippen LogP contribution in [0.25, 0.3) is 11.8 Å². The number of benzene rings is 1. The highest BCUT2D eigenvalue weighted by Gasteiger charge is 2.21. The van der Waals surface area contributed by atoms with Gasteiger partial charge in [-0.25, -0.2) is 4.79 Å². The SMILES string of the molecule is CCCn1c(C)cc(C=C(C#N)C(=O)OCC(=O)c2cc(C)n(-c3ccc4c(c3)OCO4)c2C)c1C. The molecule has 3 aromatic rings. The van der Waals surface area contributed by atoms with Crippen molar-refractivity contribution in [3.63, 3.8) is 0 Å². The van der Waals surface area contributed by atoms with Crippen LogP contribution in [0.3, 0.4) is 0 Å². The van der Waals surface area contributed by atoms with Crippen molar-refractivity contribution in [2.45, 2.75) is 47.6 Å². The van der Waals surface area contributed by atoms with Gasteiger partial charge in [0.15, 0.2) is 18.1 Å². The van der Waals surface area contributed by atoms with Crippen LogP contribution in [-0.2, 0) is 16.1 Å². The summed E-state index contributed by atoms with van der Waals surface area (Å²) < 4.78 is 20.2. The summed E-state index contributed by atoms with van der Waals surface area (Å²) in [5.41, 5.74) is 5.51. The largest absolute Gasteiger partial charge is 0.454 e.